The van der Waals surface area contributed by atoms with E-state index >= 15 is 0 Å². The molecule has 0 fully saturated rings. The molecule has 0 spiro atoms. The first-order valence-corrected chi connectivity index (χ1v) is 3.93. The van der Waals surface area contributed by atoms with Gasteiger partial charge in [-0.15, -0.1) is 0 Å². The molecule has 1 unspecified atom stereocenters. The van der Waals surface area contributed by atoms with Crippen LogP contribution in [0.4, 0.5) is 0 Å². The zero-order chi connectivity index (χ0) is 9.78. The summed E-state index contributed by atoms with van der Waals surface area (Å²) in [5.41, 5.74) is 0. The van der Waals surface area contributed by atoms with Crippen LogP contribution in [0.25, 0.3) is 0 Å². The van der Waals surface area contributed by atoms with Gasteiger partial charge in [-0.05, 0) is 0 Å². The van der Waals surface area contributed by atoms with Crippen molar-refractivity contribution in [2.24, 2.45) is 0 Å². The summed E-state index contributed by atoms with van der Waals surface area (Å²) >= 11 is 0. The molecule has 0 saturated carbocycles. The van der Waals surface area contributed by atoms with E-state index in [9.17, 15) is 4.79 Å². The number of carboxylic acids is 1. The van der Waals surface area contributed by atoms with Crippen molar-refractivity contribution in [1.82, 2.24) is 0 Å². The second-order valence-corrected chi connectivity index (χ2v) is 3.87. The molecule has 0 aromatic rings. The molecule has 0 rings (SSSR count). The molecular weight excluding hydrogens is 158 g/mol. The van der Waals surface area contributed by atoms with Crippen molar-refractivity contribution in [2.75, 3.05) is 34.8 Å². The van der Waals surface area contributed by atoms with E-state index in [1.807, 2.05) is 21.1 Å². The van der Waals surface area contributed by atoms with Crippen molar-refractivity contribution in [3.63, 3.8) is 0 Å². The number of quaternary nitrogens is 1. The van der Waals surface area contributed by atoms with Gasteiger partial charge in [0.1, 0.15) is 0 Å². The average molecular weight is 176 g/mol. The molecule has 0 amide bonds. The number of rotatable bonds is 5. The fourth-order valence-electron chi connectivity index (χ4n) is 0.847. The summed E-state index contributed by atoms with van der Waals surface area (Å²) in [6, 6.07) is 0. The maximum atomic E-state index is 10.5. The third-order valence-electron chi connectivity index (χ3n) is 1.62. The van der Waals surface area contributed by atoms with Crippen LogP contribution < -0.4 is 0 Å². The summed E-state index contributed by atoms with van der Waals surface area (Å²) < 4.78 is 5.55. The van der Waals surface area contributed by atoms with Crippen LogP contribution in [0.1, 0.15) is 6.42 Å². The lowest BCUT2D eigenvalue weighted by Crippen LogP contribution is -2.38. The van der Waals surface area contributed by atoms with Crippen molar-refractivity contribution in [1.29, 1.82) is 0 Å². The molecule has 0 bridgehead atoms. The fourth-order valence-corrected chi connectivity index (χ4v) is 0.847. The fraction of sp³-hybridized carbons (Fsp3) is 0.875. The molecule has 4 heteroatoms. The van der Waals surface area contributed by atoms with Crippen LogP contribution in [0.5, 0.6) is 0 Å². The van der Waals surface area contributed by atoms with Crippen LogP contribution in [-0.2, 0) is 9.53 Å². The highest BCUT2D eigenvalue weighted by molar-refractivity contribution is 5.72. The number of hydrogen-bond acceptors (Lipinski definition) is 2. The number of nitrogens with zero attached hydrogens (tertiary/aromatic N) is 1. The molecule has 4 nitrogen and oxygen atoms in total. The second kappa shape index (κ2) is 4.42. The minimum atomic E-state index is -0.883. The summed E-state index contributed by atoms with van der Waals surface area (Å²) in [4.78, 5) is 10.5. The van der Waals surface area contributed by atoms with E-state index in [-0.39, 0.29) is 0 Å². The smallest absolute Gasteiger partial charge is 0.333 e. The van der Waals surface area contributed by atoms with Gasteiger partial charge in [0.05, 0.1) is 27.7 Å². The highest BCUT2D eigenvalue weighted by Crippen LogP contribution is 2.01. The van der Waals surface area contributed by atoms with Crippen LogP contribution in [0.15, 0.2) is 0 Å². The summed E-state index contributed by atoms with van der Waals surface area (Å²) in [7, 11) is 7.49. The van der Waals surface area contributed by atoms with Crippen LogP contribution in [-0.4, -0.2) is 56.5 Å². The van der Waals surface area contributed by atoms with Gasteiger partial charge in [0.2, 0.25) is 0 Å². The Labute approximate surface area is 73.3 Å². The molecule has 0 aromatic heterocycles. The lowest BCUT2D eigenvalue weighted by atomic mass is 10.2. The van der Waals surface area contributed by atoms with Crippen molar-refractivity contribution in [3.8, 4) is 0 Å². The summed E-state index contributed by atoms with van der Waals surface area (Å²) in [6.07, 6.45) is -0.114. The summed E-state index contributed by atoms with van der Waals surface area (Å²) in [6.45, 7) is 0.796. The average Bonchev–Trinajstić information content (AvgIpc) is 1.85. The number of carbonyl (C=O) groups is 1. The van der Waals surface area contributed by atoms with Crippen molar-refractivity contribution < 1.29 is 19.1 Å². The quantitative estimate of drug-likeness (QED) is 0.608. The maximum absolute atomic E-state index is 10.5. The van der Waals surface area contributed by atoms with Crippen LogP contribution in [0.2, 0.25) is 0 Å². The van der Waals surface area contributed by atoms with Crippen molar-refractivity contribution in [2.45, 2.75) is 12.5 Å². The molecule has 12 heavy (non-hydrogen) atoms. The van der Waals surface area contributed by atoms with E-state index in [2.05, 4.69) is 0 Å². The first-order chi connectivity index (χ1) is 5.37. The van der Waals surface area contributed by atoms with Gasteiger partial charge in [-0.25, -0.2) is 4.79 Å². The molecule has 1 atom stereocenters. The molecular formula is C8H18NO3+. The molecule has 72 valence electrons. The minimum Gasteiger partial charge on any atom is -0.479 e. The van der Waals surface area contributed by atoms with E-state index in [4.69, 9.17) is 9.84 Å². The molecule has 0 aromatic carbocycles. The van der Waals surface area contributed by atoms with E-state index in [1.165, 1.54) is 7.11 Å². The van der Waals surface area contributed by atoms with Crippen LogP contribution in [0, 0.1) is 0 Å². The molecule has 0 aliphatic rings. The molecule has 1 N–H and O–H groups in total. The third kappa shape index (κ3) is 5.09. The number of hydrogen-bond donors (Lipinski definition) is 1. The highest BCUT2D eigenvalue weighted by Gasteiger charge is 2.19. The normalized spacial score (nSPS) is 14.3. The third-order valence-corrected chi connectivity index (χ3v) is 1.62. The van der Waals surface area contributed by atoms with Gasteiger partial charge < -0.3 is 14.3 Å². The summed E-state index contributed by atoms with van der Waals surface area (Å²) in [5.74, 6) is -0.883. The number of aliphatic carboxylic acids is 1. The van der Waals surface area contributed by atoms with Gasteiger partial charge in [0, 0.05) is 13.5 Å². The molecule has 0 aliphatic carbocycles. The molecule has 0 saturated heterocycles. The van der Waals surface area contributed by atoms with Gasteiger partial charge in [-0.3, -0.25) is 0 Å². The van der Waals surface area contributed by atoms with Gasteiger partial charge >= 0.3 is 5.97 Å². The number of carboxylic acid groups (broad SMARTS) is 1. The van der Waals surface area contributed by atoms with Crippen LogP contribution in [0.3, 0.4) is 0 Å². The summed E-state index contributed by atoms with van der Waals surface area (Å²) in [5, 5.41) is 8.64. The zero-order valence-electron chi connectivity index (χ0n) is 8.20. The zero-order valence-corrected chi connectivity index (χ0v) is 8.20. The van der Waals surface area contributed by atoms with Gasteiger partial charge in [0.25, 0.3) is 0 Å². The first-order valence-electron chi connectivity index (χ1n) is 3.93. The highest BCUT2D eigenvalue weighted by atomic mass is 16.5. The predicted octanol–water partition coefficient (Wildman–Crippen LogP) is 0.182. The van der Waals surface area contributed by atoms with Crippen molar-refractivity contribution >= 4 is 5.97 Å². The Morgan fingerprint density at radius 2 is 2.00 bits per heavy atom. The van der Waals surface area contributed by atoms with Gasteiger partial charge in [-0.2, -0.15) is 0 Å². The van der Waals surface area contributed by atoms with E-state index in [0.29, 0.717) is 6.42 Å². The largest absolute Gasteiger partial charge is 0.479 e. The molecule has 0 heterocycles. The predicted molar refractivity (Wildman–Crippen MR) is 45.9 cm³/mol. The Morgan fingerprint density at radius 1 is 1.50 bits per heavy atom. The monoisotopic (exact) mass is 176 g/mol. The SMILES string of the molecule is COC(CC[N+](C)(C)C)C(=O)O. The Hall–Kier alpha value is -0.610. The Kier molecular flexibility index (Phi) is 4.20. The van der Waals surface area contributed by atoms with Gasteiger partial charge in [0.15, 0.2) is 6.10 Å². The van der Waals surface area contributed by atoms with Crippen LogP contribution >= 0.6 is 0 Å². The van der Waals surface area contributed by atoms with Gasteiger partial charge in [-0.1, -0.05) is 0 Å². The van der Waals surface area contributed by atoms with Crippen molar-refractivity contribution in [3.05, 3.63) is 0 Å². The number of ether oxygens (including phenoxy) is 1. The van der Waals surface area contributed by atoms with E-state index in [0.717, 1.165) is 11.0 Å². The topological polar surface area (TPSA) is 46.5 Å². The Morgan fingerprint density at radius 3 is 2.25 bits per heavy atom. The minimum absolute atomic E-state index is 0.551. The van der Waals surface area contributed by atoms with E-state index < -0.39 is 12.1 Å². The van der Waals surface area contributed by atoms with E-state index in [1.54, 1.807) is 0 Å². The lowest BCUT2D eigenvalue weighted by Gasteiger charge is -2.24. The standard InChI is InChI=1S/C8H17NO3/c1-9(2,3)6-5-7(12-4)8(10)11/h7H,5-6H2,1-4H3/p+1. The second-order valence-electron chi connectivity index (χ2n) is 3.87. The maximum Gasteiger partial charge on any atom is 0.333 e. The first kappa shape index (κ1) is 11.4. The molecule has 0 radical (unpaired) electrons. The number of methoxy groups -OCH3 is 1. The Bertz CT molecular complexity index is 151. The lowest BCUT2D eigenvalue weighted by molar-refractivity contribution is -0.870. The molecule has 0 aliphatic heterocycles. The Balaban J connectivity index is 3.81.